The highest BCUT2D eigenvalue weighted by Gasteiger charge is 2.50. The molecule has 3 aromatic carbocycles. The second-order valence-corrected chi connectivity index (χ2v) is 17.4. The Morgan fingerprint density at radius 3 is 2.67 bits per heavy atom. The molecular formula is C40H33F3N8O9S. The number of nitrogens with one attached hydrogen (secondary N) is 1. The van der Waals surface area contributed by atoms with Gasteiger partial charge in [0, 0.05) is 48.6 Å². The number of hydrogen-bond acceptors (Lipinski definition) is 15. The van der Waals surface area contributed by atoms with Gasteiger partial charge in [0.25, 0.3) is 11.4 Å². The first-order valence-corrected chi connectivity index (χ1v) is 20.8. The van der Waals surface area contributed by atoms with Gasteiger partial charge in [-0.25, -0.2) is 18.2 Å². The van der Waals surface area contributed by atoms with E-state index in [0.717, 1.165) is 43.5 Å². The highest BCUT2D eigenvalue weighted by atomic mass is 32.2. The molecule has 4 fully saturated rings. The number of terminal acetylenes is 1. The summed E-state index contributed by atoms with van der Waals surface area (Å²) in [5.74, 6) is 0.0720. The Labute approximate surface area is 344 Å². The predicted molar refractivity (Wildman–Crippen MR) is 211 cm³/mol. The molecule has 5 atom stereocenters. The topological polar surface area (TPSA) is 205 Å². The Hall–Kier alpha value is -6.37. The number of piperazine rings is 1. The maximum Gasteiger partial charge on any atom is 0.346 e. The highest BCUT2D eigenvalue weighted by molar-refractivity contribution is 7.87. The summed E-state index contributed by atoms with van der Waals surface area (Å²) in [4.78, 5) is 38.3. The molecule has 0 radical (unpaired) electrons. The molecule has 2 bridgehead atoms. The largest absolute Gasteiger partial charge is 0.475 e. The van der Waals surface area contributed by atoms with Crippen LogP contribution in [0.2, 0.25) is 0 Å². The molecule has 1 N–H and O–H groups in total. The van der Waals surface area contributed by atoms with E-state index in [0.29, 0.717) is 37.5 Å². The van der Waals surface area contributed by atoms with Crippen LogP contribution < -0.4 is 23.9 Å². The number of non-ortho nitro benzene ring substituents is 1. The summed E-state index contributed by atoms with van der Waals surface area (Å²) in [5.41, 5.74) is -3.81. The summed E-state index contributed by atoms with van der Waals surface area (Å²) in [6.45, 7) is 1.66. The van der Waals surface area contributed by atoms with Crippen molar-refractivity contribution in [3.63, 3.8) is 0 Å². The monoisotopic (exact) mass is 858 g/mol. The molecule has 0 amide bonds. The number of benzene rings is 3. The van der Waals surface area contributed by atoms with Crippen LogP contribution in [0.15, 0.2) is 47.4 Å². The van der Waals surface area contributed by atoms with Crippen molar-refractivity contribution in [2.45, 2.75) is 66.8 Å². The molecule has 0 unspecified atom stereocenters. The Kier molecular flexibility index (Phi) is 8.97. The van der Waals surface area contributed by atoms with Gasteiger partial charge >= 0.3 is 16.1 Å². The van der Waals surface area contributed by atoms with Gasteiger partial charge in [-0.2, -0.15) is 18.4 Å². The van der Waals surface area contributed by atoms with Crippen LogP contribution in [0.1, 0.15) is 37.7 Å². The van der Waals surface area contributed by atoms with E-state index in [1.165, 1.54) is 6.07 Å². The van der Waals surface area contributed by atoms with Gasteiger partial charge in [0.2, 0.25) is 5.88 Å². The number of aromatic nitrogens is 3. The van der Waals surface area contributed by atoms with Crippen LogP contribution >= 0.6 is 0 Å². The molecule has 5 aliphatic rings. The van der Waals surface area contributed by atoms with Crippen molar-refractivity contribution >= 4 is 49.0 Å². The lowest BCUT2D eigenvalue weighted by Crippen LogP contribution is -2.60. The number of ether oxygens (including phenoxy) is 2. The van der Waals surface area contributed by atoms with Crippen LogP contribution in [0.3, 0.4) is 0 Å². The third-order valence-corrected chi connectivity index (χ3v) is 13.7. The molecule has 0 spiro atoms. The molecule has 5 aliphatic heterocycles. The third kappa shape index (κ3) is 6.30. The minimum absolute atomic E-state index is 0.00476. The summed E-state index contributed by atoms with van der Waals surface area (Å²) in [5, 5.41) is 27.0. The van der Waals surface area contributed by atoms with E-state index < -0.39 is 71.0 Å². The molecule has 314 valence electrons. The zero-order valence-corrected chi connectivity index (χ0v) is 32.7. The van der Waals surface area contributed by atoms with Crippen LogP contribution in [0.25, 0.3) is 32.9 Å². The summed E-state index contributed by atoms with van der Waals surface area (Å²) in [7, 11) is -5.12. The normalized spacial score (nSPS) is 24.2. The van der Waals surface area contributed by atoms with Crippen molar-refractivity contribution in [3.05, 3.63) is 79.9 Å². The third-order valence-electron chi connectivity index (χ3n) is 12.4. The molecule has 0 aliphatic carbocycles. The van der Waals surface area contributed by atoms with Gasteiger partial charge in [-0.15, -0.1) is 6.42 Å². The van der Waals surface area contributed by atoms with Crippen LogP contribution in [0.5, 0.6) is 17.6 Å². The van der Waals surface area contributed by atoms with Crippen molar-refractivity contribution in [1.82, 2.24) is 25.2 Å². The maximum absolute atomic E-state index is 17.6. The molecule has 61 heavy (non-hydrogen) atoms. The van der Waals surface area contributed by atoms with Crippen LogP contribution in [-0.4, -0.2) is 101 Å². The van der Waals surface area contributed by atoms with Gasteiger partial charge in [0.1, 0.15) is 53.4 Å². The fourth-order valence-corrected chi connectivity index (χ4v) is 10.8. The van der Waals surface area contributed by atoms with Crippen LogP contribution in [-0.2, 0) is 10.1 Å². The van der Waals surface area contributed by atoms with E-state index in [4.69, 9.17) is 25.1 Å². The average Bonchev–Trinajstić information content (AvgIpc) is 3.87. The van der Waals surface area contributed by atoms with Crippen molar-refractivity contribution in [2.75, 3.05) is 37.7 Å². The lowest BCUT2D eigenvalue weighted by atomic mass is 9.95. The van der Waals surface area contributed by atoms with Crippen molar-refractivity contribution in [2.24, 2.45) is 0 Å². The number of halogens is 3. The van der Waals surface area contributed by atoms with Crippen molar-refractivity contribution in [1.29, 1.82) is 0 Å². The van der Waals surface area contributed by atoms with E-state index in [1.807, 2.05) is 4.90 Å². The molecule has 21 heteroatoms. The number of hydrogen-bond donors (Lipinski definition) is 1. The zero-order valence-electron chi connectivity index (χ0n) is 31.8. The minimum Gasteiger partial charge on any atom is -0.475 e. The molecule has 7 heterocycles. The fraction of sp³-hybridized carbons (Fsp3) is 0.375. The second-order valence-electron chi connectivity index (χ2n) is 15.9. The molecule has 5 aromatic rings. The lowest BCUT2D eigenvalue weighted by Gasteiger charge is -2.40. The molecule has 0 saturated carbocycles. The smallest absolute Gasteiger partial charge is 0.346 e. The number of alkyl halides is 1. The van der Waals surface area contributed by atoms with Gasteiger partial charge in [0.15, 0.2) is 10.7 Å². The summed E-state index contributed by atoms with van der Waals surface area (Å²) in [6.07, 6.45) is 8.35. The minimum atomic E-state index is -5.12. The standard InChI is InChI=1S/C40H33F3N8O9S/c1-2-25-27(42)7-4-20-12-24(60-61(56,57)31-9-6-23(50(52)53)13-29(31)51(54)55)14-26(32(20)25)35-34(43)36-33-37(49-17-22-5-8-28(44-22)30(49)18-58-38(33)45-35)47-39(46-36)59-19-40-10-3-11-48(40)16-21(41)15-40/h1,4,6-7,9,12-14,21-22,28,30,44H,3,5,8,10-11,15-19H2/t21-,22-,28+,30-,40+/m1/s1. The number of nitrogens with zero attached hydrogens (tertiary/aromatic N) is 7. The van der Waals surface area contributed by atoms with E-state index in [1.54, 1.807) is 0 Å². The maximum atomic E-state index is 17.6. The Morgan fingerprint density at radius 1 is 1.05 bits per heavy atom. The van der Waals surface area contributed by atoms with Gasteiger partial charge < -0.3 is 23.9 Å². The Bertz CT molecular complexity index is 2900. The van der Waals surface area contributed by atoms with Gasteiger partial charge in [-0.1, -0.05) is 12.0 Å². The lowest BCUT2D eigenvalue weighted by molar-refractivity contribution is -0.396. The van der Waals surface area contributed by atoms with E-state index in [2.05, 4.69) is 26.1 Å². The second kappa shape index (κ2) is 14.1. The number of nitro groups is 2. The first-order valence-electron chi connectivity index (χ1n) is 19.4. The van der Waals surface area contributed by atoms with Gasteiger partial charge in [-0.3, -0.25) is 25.1 Å². The van der Waals surface area contributed by atoms with Crippen molar-refractivity contribution < 1.29 is 45.1 Å². The fourth-order valence-electron chi connectivity index (χ4n) is 9.74. The predicted octanol–water partition coefficient (Wildman–Crippen LogP) is 5.35. The Balaban J connectivity index is 1.15. The number of anilines is 1. The number of fused-ring (bicyclic) bond motifs is 7. The highest BCUT2D eigenvalue weighted by Crippen LogP contribution is 2.46. The van der Waals surface area contributed by atoms with E-state index >= 15 is 8.78 Å². The first-order chi connectivity index (χ1) is 29.2. The molecule has 10 rings (SSSR count). The van der Waals surface area contributed by atoms with Gasteiger partial charge in [0.05, 0.1) is 33.1 Å². The molecule has 4 saturated heterocycles. The Morgan fingerprint density at radius 2 is 1.89 bits per heavy atom. The number of nitro benzene ring substituents is 2. The molecule has 2 aromatic heterocycles. The van der Waals surface area contributed by atoms with E-state index in [9.17, 15) is 33.0 Å². The average molecular weight is 859 g/mol. The number of rotatable bonds is 9. The quantitative estimate of drug-likeness (QED) is 0.0859. The SMILES string of the molecule is C#Cc1c(F)ccc2cc(OS(=O)(=O)c3ccc([N+](=O)[O-])cc3[N+](=O)[O-])cc(-c3nc4c5c(nc(OC[C@@]67CCCN6C[C@H](F)C7)nc5c3F)N3C[C@H]5CC[C@H](N5)[C@H]3CO4)c12. The van der Waals surface area contributed by atoms with Crippen molar-refractivity contribution in [3.8, 4) is 41.2 Å². The van der Waals surface area contributed by atoms with E-state index in [-0.39, 0.29) is 89.0 Å². The summed E-state index contributed by atoms with van der Waals surface area (Å²) in [6, 6.07) is 6.04. The number of pyridine rings is 1. The molecule has 17 nitrogen and oxygen atoms in total. The van der Waals surface area contributed by atoms with Gasteiger partial charge in [-0.05, 0) is 61.9 Å². The van der Waals surface area contributed by atoms with Crippen LogP contribution in [0.4, 0.5) is 30.4 Å². The zero-order chi connectivity index (χ0) is 42.5. The molecular weight excluding hydrogens is 826 g/mol. The summed E-state index contributed by atoms with van der Waals surface area (Å²) < 4.78 is 93.2. The first kappa shape index (κ1) is 38.8. The summed E-state index contributed by atoms with van der Waals surface area (Å²) >= 11 is 0. The van der Waals surface area contributed by atoms with Crippen LogP contribution in [0, 0.1) is 44.2 Å².